The molecule has 0 aliphatic rings. The number of hydrogen-bond donors (Lipinski definition) is 1. The third-order valence-electron chi connectivity index (χ3n) is 1.90. The fourth-order valence-electron chi connectivity index (χ4n) is 1.26. The van der Waals surface area contributed by atoms with Crippen LogP contribution >= 0.6 is 0 Å². The van der Waals surface area contributed by atoms with Gasteiger partial charge in [-0.3, -0.25) is 0 Å². The summed E-state index contributed by atoms with van der Waals surface area (Å²) in [6.45, 7) is -0.956. The lowest BCUT2D eigenvalue weighted by atomic mass is 10.2. The van der Waals surface area contributed by atoms with Crippen LogP contribution in [0.4, 0.5) is 8.78 Å². The first-order valence-corrected chi connectivity index (χ1v) is 5.15. The SMILES string of the molecule is CCOc1cc(/C=C/C(=O)O)ccc1OC(F)F. The zero-order valence-corrected chi connectivity index (χ0v) is 9.60. The molecule has 0 unspecified atom stereocenters. The number of carbonyl (C=O) groups is 1. The average Bonchev–Trinajstić information content (AvgIpc) is 2.29. The molecule has 0 heterocycles. The number of ether oxygens (including phenoxy) is 2. The van der Waals surface area contributed by atoms with Crippen molar-refractivity contribution in [2.75, 3.05) is 6.61 Å². The van der Waals surface area contributed by atoms with Crippen LogP contribution in [0.1, 0.15) is 12.5 Å². The molecule has 98 valence electrons. The summed E-state index contributed by atoms with van der Waals surface area (Å²) >= 11 is 0. The molecule has 0 atom stereocenters. The lowest BCUT2D eigenvalue weighted by molar-refractivity contribution is -0.131. The molecule has 1 aromatic carbocycles. The second-order valence-corrected chi connectivity index (χ2v) is 3.19. The molecule has 0 radical (unpaired) electrons. The van der Waals surface area contributed by atoms with E-state index < -0.39 is 12.6 Å². The summed E-state index contributed by atoms with van der Waals surface area (Å²) in [5.41, 5.74) is 0.516. The summed E-state index contributed by atoms with van der Waals surface area (Å²) in [4.78, 5) is 10.4. The van der Waals surface area contributed by atoms with Gasteiger partial charge in [-0.05, 0) is 30.7 Å². The molecule has 1 N–H and O–H groups in total. The summed E-state index contributed by atoms with van der Waals surface area (Å²) in [7, 11) is 0. The Labute approximate surface area is 102 Å². The van der Waals surface area contributed by atoms with E-state index in [2.05, 4.69) is 4.74 Å². The van der Waals surface area contributed by atoms with Gasteiger partial charge in [0.05, 0.1) is 6.61 Å². The highest BCUT2D eigenvalue weighted by atomic mass is 19.3. The summed E-state index contributed by atoms with van der Waals surface area (Å²) in [5, 5.41) is 8.48. The Morgan fingerprint density at radius 3 is 2.72 bits per heavy atom. The van der Waals surface area contributed by atoms with Crippen molar-refractivity contribution in [3.63, 3.8) is 0 Å². The van der Waals surface area contributed by atoms with Crippen LogP contribution in [0.5, 0.6) is 11.5 Å². The highest BCUT2D eigenvalue weighted by Gasteiger charge is 2.10. The molecule has 0 saturated heterocycles. The maximum absolute atomic E-state index is 12.1. The maximum Gasteiger partial charge on any atom is 0.387 e. The van der Waals surface area contributed by atoms with Gasteiger partial charge in [-0.15, -0.1) is 0 Å². The topological polar surface area (TPSA) is 55.8 Å². The fraction of sp³-hybridized carbons (Fsp3) is 0.250. The Kier molecular flexibility index (Phi) is 5.10. The molecular formula is C12H12F2O4. The van der Waals surface area contributed by atoms with Crippen LogP contribution in [0.25, 0.3) is 6.08 Å². The molecule has 0 saturated carbocycles. The number of carboxylic acids is 1. The zero-order chi connectivity index (χ0) is 13.5. The van der Waals surface area contributed by atoms with Crippen molar-refractivity contribution in [2.45, 2.75) is 13.5 Å². The van der Waals surface area contributed by atoms with Gasteiger partial charge in [-0.2, -0.15) is 8.78 Å². The van der Waals surface area contributed by atoms with Crippen molar-refractivity contribution in [1.82, 2.24) is 0 Å². The first-order valence-electron chi connectivity index (χ1n) is 5.15. The summed E-state index contributed by atoms with van der Waals surface area (Å²) in [5.74, 6) is -1.04. The standard InChI is InChI=1S/C12H12F2O4/c1-2-17-10-7-8(4-6-11(15)16)3-5-9(10)18-12(13)14/h3-7,12H,2H2,1H3,(H,15,16)/b6-4+. The van der Waals surface area contributed by atoms with Crippen LogP contribution in [0.15, 0.2) is 24.3 Å². The van der Waals surface area contributed by atoms with Crippen LogP contribution in [0.2, 0.25) is 0 Å². The molecule has 0 spiro atoms. The maximum atomic E-state index is 12.1. The Balaban J connectivity index is 2.98. The van der Waals surface area contributed by atoms with Gasteiger partial charge in [0.25, 0.3) is 0 Å². The number of rotatable bonds is 6. The van der Waals surface area contributed by atoms with Gasteiger partial charge in [0, 0.05) is 6.08 Å². The minimum absolute atomic E-state index is 0.0840. The molecule has 4 nitrogen and oxygen atoms in total. The predicted molar refractivity (Wildman–Crippen MR) is 60.9 cm³/mol. The molecule has 0 bridgehead atoms. The van der Waals surface area contributed by atoms with Crippen molar-refractivity contribution >= 4 is 12.0 Å². The average molecular weight is 258 g/mol. The highest BCUT2D eigenvalue weighted by Crippen LogP contribution is 2.30. The molecule has 0 aromatic heterocycles. The van der Waals surface area contributed by atoms with E-state index in [1.165, 1.54) is 24.3 Å². The van der Waals surface area contributed by atoms with Gasteiger partial charge in [0.15, 0.2) is 11.5 Å². The Morgan fingerprint density at radius 1 is 1.44 bits per heavy atom. The van der Waals surface area contributed by atoms with Gasteiger partial charge in [0.1, 0.15) is 0 Å². The minimum Gasteiger partial charge on any atom is -0.490 e. The molecular weight excluding hydrogens is 246 g/mol. The number of halogens is 2. The monoisotopic (exact) mass is 258 g/mol. The van der Waals surface area contributed by atoms with Crippen molar-refractivity contribution in [3.05, 3.63) is 29.8 Å². The molecule has 18 heavy (non-hydrogen) atoms. The van der Waals surface area contributed by atoms with Crippen molar-refractivity contribution in [3.8, 4) is 11.5 Å². The van der Waals surface area contributed by atoms with Crippen LogP contribution in [0, 0.1) is 0 Å². The third-order valence-corrected chi connectivity index (χ3v) is 1.90. The smallest absolute Gasteiger partial charge is 0.387 e. The first-order chi connectivity index (χ1) is 8.52. The van der Waals surface area contributed by atoms with E-state index in [9.17, 15) is 13.6 Å². The second kappa shape index (κ2) is 6.58. The van der Waals surface area contributed by atoms with Gasteiger partial charge in [0.2, 0.25) is 0 Å². The largest absolute Gasteiger partial charge is 0.490 e. The molecule has 1 rings (SSSR count). The van der Waals surface area contributed by atoms with Gasteiger partial charge >= 0.3 is 12.6 Å². The fourth-order valence-corrected chi connectivity index (χ4v) is 1.26. The van der Waals surface area contributed by atoms with E-state index in [4.69, 9.17) is 9.84 Å². The van der Waals surface area contributed by atoms with Crippen LogP contribution in [0.3, 0.4) is 0 Å². The molecule has 0 aliphatic carbocycles. The Bertz CT molecular complexity index is 444. The number of aliphatic carboxylic acids is 1. The van der Waals surface area contributed by atoms with Crippen LogP contribution in [-0.2, 0) is 4.79 Å². The van der Waals surface area contributed by atoms with E-state index in [0.29, 0.717) is 5.56 Å². The lowest BCUT2D eigenvalue weighted by Crippen LogP contribution is -2.04. The normalized spacial score (nSPS) is 10.9. The number of benzene rings is 1. The van der Waals surface area contributed by atoms with Crippen LogP contribution < -0.4 is 9.47 Å². The third kappa shape index (κ3) is 4.40. The van der Waals surface area contributed by atoms with E-state index >= 15 is 0 Å². The Morgan fingerprint density at radius 2 is 2.17 bits per heavy atom. The molecule has 1 aromatic rings. The summed E-state index contributed by atoms with van der Waals surface area (Å²) in [6.07, 6.45) is 2.27. The van der Waals surface area contributed by atoms with Gasteiger partial charge in [-0.25, -0.2) is 4.79 Å². The Hall–Kier alpha value is -2.11. The summed E-state index contributed by atoms with van der Waals surface area (Å²) < 4.78 is 33.7. The van der Waals surface area contributed by atoms with Crippen molar-refractivity contribution < 1.29 is 28.2 Å². The van der Waals surface area contributed by atoms with E-state index in [1.54, 1.807) is 6.92 Å². The lowest BCUT2D eigenvalue weighted by Gasteiger charge is -2.11. The summed E-state index contributed by atoms with van der Waals surface area (Å²) in [6, 6.07) is 4.19. The van der Waals surface area contributed by atoms with E-state index in [1.807, 2.05) is 0 Å². The quantitative estimate of drug-likeness (QED) is 0.797. The highest BCUT2D eigenvalue weighted by molar-refractivity contribution is 5.85. The minimum atomic E-state index is -2.94. The zero-order valence-electron chi connectivity index (χ0n) is 9.60. The van der Waals surface area contributed by atoms with Crippen molar-refractivity contribution in [2.24, 2.45) is 0 Å². The second-order valence-electron chi connectivity index (χ2n) is 3.19. The first kappa shape index (κ1) is 14.0. The predicted octanol–water partition coefficient (Wildman–Crippen LogP) is 2.78. The number of carboxylic acid groups (broad SMARTS) is 1. The molecule has 0 aliphatic heterocycles. The van der Waals surface area contributed by atoms with E-state index in [-0.39, 0.29) is 18.1 Å². The molecule has 6 heteroatoms. The molecule has 0 fully saturated rings. The van der Waals surface area contributed by atoms with Gasteiger partial charge < -0.3 is 14.6 Å². The van der Waals surface area contributed by atoms with Crippen LogP contribution in [-0.4, -0.2) is 24.3 Å². The van der Waals surface area contributed by atoms with Crippen molar-refractivity contribution in [1.29, 1.82) is 0 Å². The number of alkyl halides is 2. The molecule has 0 amide bonds. The number of hydrogen-bond acceptors (Lipinski definition) is 3. The van der Waals surface area contributed by atoms with Gasteiger partial charge in [-0.1, -0.05) is 6.07 Å². The van der Waals surface area contributed by atoms with E-state index in [0.717, 1.165) is 6.08 Å².